The van der Waals surface area contributed by atoms with E-state index in [1.165, 1.54) is 29.5 Å². The summed E-state index contributed by atoms with van der Waals surface area (Å²) < 4.78 is 33.4. The molecule has 2 heterocycles. The first kappa shape index (κ1) is 22.6. The van der Waals surface area contributed by atoms with Gasteiger partial charge in [-0.15, -0.1) is 12.4 Å². The molecule has 2 aromatic carbocycles. The van der Waals surface area contributed by atoms with Crippen LogP contribution in [0.3, 0.4) is 0 Å². The fraction of sp³-hybridized carbons (Fsp3) is 0.333. The summed E-state index contributed by atoms with van der Waals surface area (Å²) in [5.41, 5.74) is 0.999. The van der Waals surface area contributed by atoms with E-state index in [1.54, 1.807) is 29.2 Å². The van der Waals surface area contributed by atoms with Crippen molar-refractivity contribution in [3.8, 4) is 0 Å². The van der Waals surface area contributed by atoms with Crippen molar-refractivity contribution in [3.05, 3.63) is 59.7 Å². The summed E-state index contributed by atoms with van der Waals surface area (Å²) in [7, 11) is 0. The van der Waals surface area contributed by atoms with E-state index in [2.05, 4.69) is 9.88 Å². The van der Waals surface area contributed by atoms with Crippen LogP contribution in [0.2, 0.25) is 0 Å². The first-order chi connectivity index (χ1) is 14.1. The van der Waals surface area contributed by atoms with E-state index in [0.717, 1.165) is 18.7 Å². The third-order valence-corrected chi connectivity index (χ3v) is 5.95. The zero-order valence-electron chi connectivity index (χ0n) is 16.2. The van der Waals surface area contributed by atoms with Gasteiger partial charge in [0.25, 0.3) is 0 Å². The number of carbonyl (C=O) groups is 1. The highest BCUT2D eigenvalue weighted by molar-refractivity contribution is 7.22. The Hall–Kier alpha value is -2.13. The summed E-state index contributed by atoms with van der Waals surface area (Å²) in [6.07, 6.45) is 0.127. The molecule has 1 fully saturated rings. The second-order valence-corrected chi connectivity index (χ2v) is 7.89. The third kappa shape index (κ3) is 5.31. The molecule has 3 aromatic rings. The molecule has 9 heteroatoms. The molecule has 160 valence electrons. The molecular weight excluding hydrogens is 432 g/mol. The van der Waals surface area contributed by atoms with Gasteiger partial charge in [0.1, 0.15) is 17.2 Å². The van der Waals surface area contributed by atoms with Gasteiger partial charge < -0.3 is 4.74 Å². The summed E-state index contributed by atoms with van der Waals surface area (Å²) in [6, 6.07) is 10.7. The Bertz CT molecular complexity index is 994. The quantitative estimate of drug-likeness (QED) is 0.568. The summed E-state index contributed by atoms with van der Waals surface area (Å²) >= 11 is 1.30. The second-order valence-electron chi connectivity index (χ2n) is 6.89. The number of benzene rings is 2. The molecule has 1 amide bonds. The lowest BCUT2D eigenvalue weighted by atomic mass is 10.1. The van der Waals surface area contributed by atoms with Crippen LogP contribution >= 0.6 is 23.7 Å². The molecule has 0 spiro atoms. The average Bonchev–Trinajstić information content (AvgIpc) is 3.16. The summed E-state index contributed by atoms with van der Waals surface area (Å²) in [5.74, 6) is -0.888. The minimum atomic E-state index is -0.399. The Morgan fingerprint density at radius 2 is 1.87 bits per heavy atom. The Labute approximate surface area is 183 Å². The number of carbonyl (C=O) groups excluding carboxylic acids is 1. The molecule has 4 rings (SSSR count). The van der Waals surface area contributed by atoms with Gasteiger partial charge in [-0.2, -0.15) is 0 Å². The van der Waals surface area contributed by atoms with Crippen LogP contribution in [-0.4, -0.2) is 55.2 Å². The molecule has 1 aliphatic rings. The van der Waals surface area contributed by atoms with Crippen molar-refractivity contribution in [3.63, 3.8) is 0 Å². The average molecular weight is 454 g/mol. The van der Waals surface area contributed by atoms with E-state index in [9.17, 15) is 13.6 Å². The third-order valence-electron chi connectivity index (χ3n) is 4.90. The molecule has 30 heavy (non-hydrogen) atoms. The number of thiazole rings is 1. The first-order valence-corrected chi connectivity index (χ1v) is 10.3. The number of para-hydroxylation sites is 1. The second kappa shape index (κ2) is 10.3. The summed E-state index contributed by atoms with van der Waals surface area (Å²) in [5, 5.41) is 0.477. The fourth-order valence-corrected chi connectivity index (χ4v) is 4.31. The lowest BCUT2D eigenvalue weighted by molar-refractivity contribution is -0.118. The lowest BCUT2D eigenvalue weighted by Gasteiger charge is -2.29. The van der Waals surface area contributed by atoms with Crippen molar-refractivity contribution in [2.45, 2.75) is 6.42 Å². The number of aromatic nitrogens is 1. The minimum absolute atomic E-state index is 0. The van der Waals surface area contributed by atoms with E-state index in [4.69, 9.17) is 4.74 Å². The highest BCUT2D eigenvalue weighted by atomic mass is 35.5. The molecule has 1 saturated heterocycles. The molecule has 1 aliphatic heterocycles. The summed E-state index contributed by atoms with van der Waals surface area (Å²) in [4.78, 5) is 21.3. The maximum Gasteiger partial charge on any atom is 0.233 e. The Morgan fingerprint density at radius 1 is 1.13 bits per heavy atom. The van der Waals surface area contributed by atoms with Crippen LogP contribution in [-0.2, 0) is 16.0 Å². The number of halogens is 3. The zero-order chi connectivity index (χ0) is 20.2. The van der Waals surface area contributed by atoms with Crippen LogP contribution in [0.15, 0.2) is 42.5 Å². The number of anilines is 1. The van der Waals surface area contributed by atoms with E-state index >= 15 is 0 Å². The molecular formula is C21H22ClF2N3O2S. The van der Waals surface area contributed by atoms with E-state index in [0.29, 0.717) is 36.1 Å². The van der Waals surface area contributed by atoms with Gasteiger partial charge in [-0.05, 0) is 29.8 Å². The van der Waals surface area contributed by atoms with Crippen molar-refractivity contribution in [1.29, 1.82) is 0 Å². The van der Waals surface area contributed by atoms with Gasteiger partial charge in [0, 0.05) is 26.2 Å². The van der Waals surface area contributed by atoms with E-state index in [1.807, 2.05) is 0 Å². The predicted molar refractivity (Wildman–Crippen MR) is 117 cm³/mol. The first-order valence-electron chi connectivity index (χ1n) is 9.50. The van der Waals surface area contributed by atoms with Crippen molar-refractivity contribution in [2.24, 2.45) is 0 Å². The fourth-order valence-electron chi connectivity index (χ4n) is 3.28. The molecule has 0 radical (unpaired) electrons. The lowest BCUT2D eigenvalue weighted by Crippen LogP contribution is -2.43. The molecule has 0 atom stereocenters. The van der Waals surface area contributed by atoms with Gasteiger partial charge in [0.05, 0.1) is 24.3 Å². The topological polar surface area (TPSA) is 45.7 Å². The van der Waals surface area contributed by atoms with Crippen molar-refractivity contribution in [2.75, 3.05) is 44.3 Å². The highest BCUT2D eigenvalue weighted by Gasteiger charge is 2.22. The number of amides is 1. The number of rotatable bonds is 6. The van der Waals surface area contributed by atoms with Gasteiger partial charge in [-0.3, -0.25) is 14.6 Å². The Balaban J connectivity index is 0.00000256. The number of fused-ring (bicyclic) bond motifs is 1. The standard InChI is InChI=1S/C21H21F2N3O2S.ClH/c22-16-6-4-15(5-7-16)14-19(27)26(9-8-25-10-12-28-13-11-25)21-24-20-17(23)2-1-3-18(20)29-21;/h1-7H,8-14H2;1H. The van der Waals surface area contributed by atoms with Gasteiger partial charge in [-0.25, -0.2) is 13.8 Å². The molecule has 1 aromatic heterocycles. The van der Waals surface area contributed by atoms with Gasteiger partial charge in [0.2, 0.25) is 5.91 Å². The van der Waals surface area contributed by atoms with Crippen LogP contribution in [0.4, 0.5) is 13.9 Å². The number of hydrogen-bond donors (Lipinski definition) is 0. The molecule has 5 nitrogen and oxygen atoms in total. The van der Waals surface area contributed by atoms with Crippen molar-refractivity contribution in [1.82, 2.24) is 9.88 Å². The van der Waals surface area contributed by atoms with Gasteiger partial charge >= 0.3 is 0 Å². The van der Waals surface area contributed by atoms with Crippen LogP contribution in [0.25, 0.3) is 10.2 Å². The van der Waals surface area contributed by atoms with Gasteiger partial charge in [-0.1, -0.05) is 29.5 Å². The molecule has 0 N–H and O–H groups in total. The van der Waals surface area contributed by atoms with Crippen LogP contribution in [0.5, 0.6) is 0 Å². The van der Waals surface area contributed by atoms with Crippen LogP contribution < -0.4 is 4.90 Å². The highest BCUT2D eigenvalue weighted by Crippen LogP contribution is 2.30. The maximum absolute atomic E-state index is 14.1. The predicted octanol–water partition coefficient (Wildman–Crippen LogP) is 3.90. The normalized spacial score (nSPS) is 14.5. The number of ether oxygens (including phenoxy) is 1. The Kier molecular flexibility index (Phi) is 7.71. The Morgan fingerprint density at radius 3 is 2.57 bits per heavy atom. The van der Waals surface area contributed by atoms with Crippen LogP contribution in [0, 0.1) is 11.6 Å². The number of morpholine rings is 1. The molecule has 0 saturated carbocycles. The van der Waals surface area contributed by atoms with Gasteiger partial charge in [0.15, 0.2) is 5.13 Å². The smallest absolute Gasteiger partial charge is 0.233 e. The van der Waals surface area contributed by atoms with Crippen molar-refractivity contribution < 1.29 is 18.3 Å². The van der Waals surface area contributed by atoms with Crippen molar-refractivity contribution >= 4 is 45.0 Å². The van der Waals surface area contributed by atoms with Crippen LogP contribution in [0.1, 0.15) is 5.56 Å². The molecule has 0 unspecified atom stereocenters. The van der Waals surface area contributed by atoms with E-state index < -0.39 is 5.82 Å². The zero-order valence-corrected chi connectivity index (χ0v) is 17.9. The maximum atomic E-state index is 14.1. The monoisotopic (exact) mass is 453 g/mol. The summed E-state index contributed by atoms with van der Waals surface area (Å²) in [6.45, 7) is 4.10. The largest absolute Gasteiger partial charge is 0.379 e. The van der Waals surface area contributed by atoms with E-state index in [-0.39, 0.29) is 36.1 Å². The number of hydrogen-bond acceptors (Lipinski definition) is 5. The SMILES string of the molecule is Cl.O=C(Cc1ccc(F)cc1)N(CCN1CCOCC1)c1nc2c(F)cccc2s1. The molecule has 0 aliphatic carbocycles. The molecule has 0 bridgehead atoms. The number of nitrogens with zero attached hydrogens (tertiary/aromatic N) is 3. The minimum Gasteiger partial charge on any atom is -0.379 e.